The van der Waals surface area contributed by atoms with E-state index in [1.54, 1.807) is 0 Å². The lowest BCUT2D eigenvalue weighted by Crippen LogP contribution is -2.06. The Bertz CT molecular complexity index is 203. The minimum atomic E-state index is 0.887. The lowest BCUT2D eigenvalue weighted by molar-refractivity contribution is 1.10. The molecule has 0 atom stereocenters. The number of hydrogen-bond acceptors (Lipinski definition) is 1. The molecule has 0 spiro atoms. The quantitative estimate of drug-likeness (QED) is 0.697. The van der Waals surface area contributed by atoms with Gasteiger partial charge in [0, 0.05) is 20.9 Å². The first-order valence-corrected chi connectivity index (χ1v) is 3.97. The van der Waals surface area contributed by atoms with Crippen LogP contribution in [-0.4, -0.2) is 0 Å². The van der Waals surface area contributed by atoms with Crippen LogP contribution in [0.5, 0.6) is 0 Å². The molecular formula is C6H5Br2N. The monoisotopic (exact) mass is 249 g/mol. The Labute approximate surface area is 70.8 Å². The summed E-state index contributed by atoms with van der Waals surface area (Å²) in [6, 6.07) is 0. The molecule has 0 saturated heterocycles. The largest absolute Gasteiger partial charge is 0.360 e. The van der Waals surface area contributed by atoms with Crippen LogP contribution < -0.4 is 5.32 Å². The molecule has 48 valence electrons. The van der Waals surface area contributed by atoms with Gasteiger partial charge in [-0.3, -0.25) is 0 Å². The summed E-state index contributed by atoms with van der Waals surface area (Å²) in [6.45, 7) is 3.74. The van der Waals surface area contributed by atoms with Gasteiger partial charge in [-0.15, -0.1) is 0 Å². The van der Waals surface area contributed by atoms with Gasteiger partial charge in [0.25, 0.3) is 0 Å². The minimum Gasteiger partial charge on any atom is -0.360 e. The Balaban J connectivity index is 2.87. The molecule has 1 nitrogen and oxygen atoms in total. The topological polar surface area (TPSA) is 12.0 Å². The van der Waals surface area contributed by atoms with Gasteiger partial charge < -0.3 is 5.32 Å². The van der Waals surface area contributed by atoms with Gasteiger partial charge in [0.15, 0.2) is 0 Å². The first kappa shape index (κ1) is 7.09. The fraction of sp³-hybridized carbons (Fsp3) is 0. The van der Waals surface area contributed by atoms with Crippen molar-refractivity contribution in [3.63, 3.8) is 0 Å². The third kappa shape index (κ3) is 1.69. The molecule has 3 heteroatoms. The summed E-state index contributed by atoms with van der Waals surface area (Å²) in [7, 11) is 0. The van der Waals surface area contributed by atoms with Crippen molar-refractivity contribution in [2.75, 3.05) is 0 Å². The van der Waals surface area contributed by atoms with Crippen molar-refractivity contribution in [2.45, 2.75) is 0 Å². The van der Waals surface area contributed by atoms with E-state index in [1.807, 2.05) is 12.3 Å². The van der Waals surface area contributed by atoms with Crippen LogP contribution in [0.1, 0.15) is 0 Å². The van der Waals surface area contributed by atoms with Crippen molar-refractivity contribution in [1.82, 2.24) is 5.32 Å². The van der Waals surface area contributed by atoms with Gasteiger partial charge in [0.05, 0.1) is 0 Å². The number of nitrogens with one attached hydrogen (secondary N) is 1. The molecule has 1 aliphatic heterocycles. The van der Waals surface area contributed by atoms with E-state index >= 15 is 0 Å². The molecule has 9 heavy (non-hydrogen) atoms. The molecule has 1 N–H and O–H groups in total. The predicted molar refractivity (Wildman–Crippen MR) is 46.3 cm³/mol. The van der Waals surface area contributed by atoms with Crippen LogP contribution >= 0.6 is 31.9 Å². The lowest BCUT2D eigenvalue weighted by atomic mass is 10.3. The van der Waals surface area contributed by atoms with Crippen LogP contribution in [0.3, 0.4) is 0 Å². The van der Waals surface area contributed by atoms with Crippen molar-refractivity contribution >= 4 is 31.9 Å². The average molecular weight is 251 g/mol. The molecule has 1 heterocycles. The van der Waals surface area contributed by atoms with Gasteiger partial charge in [-0.25, -0.2) is 0 Å². The minimum absolute atomic E-state index is 0.887. The van der Waals surface area contributed by atoms with Crippen molar-refractivity contribution in [2.24, 2.45) is 0 Å². The zero-order chi connectivity index (χ0) is 6.85. The molecule has 0 radical (unpaired) electrons. The molecule has 0 aliphatic carbocycles. The van der Waals surface area contributed by atoms with Crippen LogP contribution in [0, 0.1) is 0 Å². The van der Waals surface area contributed by atoms with E-state index in [0.29, 0.717) is 0 Å². The van der Waals surface area contributed by atoms with E-state index in [-0.39, 0.29) is 0 Å². The number of rotatable bonds is 0. The summed E-state index contributed by atoms with van der Waals surface area (Å²) in [5.41, 5.74) is 0.887. The van der Waals surface area contributed by atoms with E-state index in [2.05, 4.69) is 43.8 Å². The molecule has 0 amide bonds. The normalized spacial score (nSPS) is 18.2. The molecular weight excluding hydrogens is 246 g/mol. The maximum absolute atomic E-state index is 3.74. The zero-order valence-corrected chi connectivity index (χ0v) is 7.79. The van der Waals surface area contributed by atoms with Crippen LogP contribution in [0.15, 0.2) is 33.5 Å². The average Bonchev–Trinajstić information content (AvgIpc) is 1.80. The Hall–Kier alpha value is -0.0200. The molecule has 0 bridgehead atoms. The van der Waals surface area contributed by atoms with Gasteiger partial charge in [0.1, 0.15) is 0 Å². The number of allylic oxidation sites excluding steroid dienone is 3. The standard InChI is InChI=1S/C6H5Br2N/c1-4-6(8)2-5(7)3-9-4/h2-3,9H,1H2. The summed E-state index contributed by atoms with van der Waals surface area (Å²) in [6.07, 6.45) is 3.78. The Morgan fingerprint density at radius 1 is 1.44 bits per heavy atom. The predicted octanol–water partition coefficient (Wildman–Crippen LogP) is 2.62. The maximum Gasteiger partial charge on any atom is 0.0451 e. The molecule has 1 rings (SSSR count). The van der Waals surface area contributed by atoms with Crippen molar-refractivity contribution < 1.29 is 0 Å². The van der Waals surface area contributed by atoms with Crippen molar-refractivity contribution in [1.29, 1.82) is 0 Å². The van der Waals surface area contributed by atoms with E-state index < -0.39 is 0 Å². The van der Waals surface area contributed by atoms with E-state index in [1.165, 1.54) is 0 Å². The van der Waals surface area contributed by atoms with Crippen LogP contribution in [0.25, 0.3) is 0 Å². The second kappa shape index (κ2) is 2.71. The second-order valence-electron chi connectivity index (χ2n) is 1.64. The van der Waals surface area contributed by atoms with Crippen molar-refractivity contribution in [3.8, 4) is 0 Å². The summed E-state index contributed by atoms with van der Waals surface area (Å²) in [5.74, 6) is 0. The first-order valence-electron chi connectivity index (χ1n) is 2.39. The van der Waals surface area contributed by atoms with Gasteiger partial charge in [-0.05, 0) is 37.9 Å². The summed E-state index contributed by atoms with van der Waals surface area (Å²) in [4.78, 5) is 0. The molecule has 0 saturated carbocycles. The molecule has 0 aromatic heterocycles. The maximum atomic E-state index is 3.74. The van der Waals surface area contributed by atoms with Crippen LogP contribution in [-0.2, 0) is 0 Å². The van der Waals surface area contributed by atoms with Gasteiger partial charge in [0.2, 0.25) is 0 Å². The van der Waals surface area contributed by atoms with E-state index in [4.69, 9.17) is 0 Å². The summed E-state index contributed by atoms with van der Waals surface area (Å²) < 4.78 is 2.00. The zero-order valence-electron chi connectivity index (χ0n) is 4.62. The molecule has 0 fully saturated rings. The highest BCUT2D eigenvalue weighted by molar-refractivity contribution is 9.12. The molecule has 0 unspecified atom stereocenters. The van der Waals surface area contributed by atoms with Gasteiger partial charge in [-0.1, -0.05) is 6.58 Å². The van der Waals surface area contributed by atoms with Gasteiger partial charge in [-0.2, -0.15) is 0 Å². The fourth-order valence-corrected chi connectivity index (χ4v) is 1.49. The molecule has 1 aliphatic rings. The van der Waals surface area contributed by atoms with Crippen LogP contribution in [0.2, 0.25) is 0 Å². The molecule has 0 aromatic carbocycles. The number of hydrogen-bond donors (Lipinski definition) is 1. The third-order valence-electron chi connectivity index (χ3n) is 0.937. The van der Waals surface area contributed by atoms with Crippen molar-refractivity contribution in [3.05, 3.63) is 33.5 Å². The number of dihydropyridines is 1. The Morgan fingerprint density at radius 3 is 2.56 bits per heavy atom. The third-order valence-corrected chi connectivity index (χ3v) is 2.10. The Morgan fingerprint density at radius 2 is 2.11 bits per heavy atom. The first-order chi connectivity index (χ1) is 4.20. The second-order valence-corrected chi connectivity index (χ2v) is 3.41. The smallest absolute Gasteiger partial charge is 0.0451 e. The summed E-state index contributed by atoms with van der Waals surface area (Å²) >= 11 is 6.63. The highest BCUT2D eigenvalue weighted by Gasteiger charge is 2.01. The van der Waals surface area contributed by atoms with Crippen LogP contribution in [0.4, 0.5) is 0 Å². The summed E-state index contributed by atoms with van der Waals surface area (Å²) in [5, 5.41) is 2.96. The Kier molecular flexibility index (Phi) is 2.13. The highest BCUT2D eigenvalue weighted by Crippen LogP contribution is 2.22. The molecule has 0 aromatic rings. The SMILES string of the molecule is C=C1NC=C(Br)C=C1Br. The fourth-order valence-electron chi connectivity index (χ4n) is 0.475. The van der Waals surface area contributed by atoms with Gasteiger partial charge >= 0.3 is 0 Å². The van der Waals surface area contributed by atoms with E-state index in [9.17, 15) is 0 Å². The number of halogens is 2. The lowest BCUT2D eigenvalue weighted by Gasteiger charge is -2.08. The highest BCUT2D eigenvalue weighted by atomic mass is 79.9. The van der Waals surface area contributed by atoms with E-state index in [0.717, 1.165) is 14.7 Å².